The minimum atomic E-state index is -6.00. The standard InChI is InChI=1S/BF4.Li/c2-1(3,4)5;/q-1;/p+1. The van der Waals surface area contributed by atoms with Gasteiger partial charge < -0.3 is 17.3 Å². The van der Waals surface area contributed by atoms with E-state index in [4.69, 9.17) is 0 Å². The van der Waals surface area contributed by atoms with Crippen LogP contribution in [0.25, 0.3) is 0 Å². The van der Waals surface area contributed by atoms with Crippen LogP contribution in [0.1, 0.15) is 1.43 Å². The van der Waals surface area contributed by atoms with Crippen LogP contribution in [0.15, 0.2) is 0 Å². The van der Waals surface area contributed by atoms with E-state index < -0.39 is 7.25 Å². The molecule has 0 aliphatic carbocycles. The molecule has 6 heavy (non-hydrogen) atoms. The molecule has 0 aliphatic heterocycles. The predicted octanol–water partition coefficient (Wildman–Crippen LogP) is 1.03. The van der Waals surface area contributed by atoms with Gasteiger partial charge >= 0.3 is 8.68 Å². The van der Waals surface area contributed by atoms with E-state index in [-0.39, 0.29) is 20.3 Å². The molecule has 0 fully saturated rings. The van der Waals surface area contributed by atoms with Crippen molar-refractivity contribution in [1.29, 1.82) is 0 Å². The molecule has 0 aromatic heterocycles. The largest absolute Gasteiger partial charge is 1.00 e. The van der Waals surface area contributed by atoms with Crippen molar-refractivity contribution in [2.75, 3.05) is 0 Å². The van der Waals surface area contributed by atoms with E-state index in [2.05, 4.69) is 0 Å². The van der Waals surface area contributed by atoms with Crippen LogP contribution in [0.3, 0.4) is 0 Å². The second kappa shape index (κ2) is 2.54. The molecule has 0 aromatic rings. The van der Waals surface area contributed by atoms with Gasteiger partial charge in [-0.1, -0.05) is 0 Å². The van der Waals surface area contributed by atoms with E-state index in [9.17, 15) is 17.3 Å². The quantitative estimate of drug-likeness (QED) is 0.311. The Labute approximate surface area is 45.7 Å². The summed E-state index contributed by atoms with van der Waals surface area (Å²) in [6, 6.07) is 0. The molecule has 1 radical (unpaired) electrons. The molecule has 0 N–H and O–H groups in total. The molecule has 33 valence electrons. The summed E-state index contributed by atoms with van der Waals surface area (Å²) in [6.45, 7) is 0. The Kier molecular flexibility index (Phi) is 4.07. The van der Waals surface area contributed by atoms with Gasteiger partial charge in [-0.2, -0.15) is 0 Å². The monoisotopic (exact) mass is 95.0 g/mol. The Balaban J connectivity index is -0.0000000800. The van der Waals surface area contributed by atoms with Gasteiger partial charge in [0.05, 0.1) is 0 Å². The Hall–Kier alpha value is 0.382. The molecule has 0 saturated carbocycles. The Morgan fingerprint density at radius 2 is 1.00 bits per heavy atom. The maximum absolute atomic E-state index is 9.75. The fourth-order valence-electron chi connectivity index (χ4n) is 0. The first-order chi connectivity index (χ1) is 2.00. The summed E-state index contributed by atoms with van der Waals surface area (Å²) < 4.78 is 39.0. The Morgan fingerprint density at radius 1 is 1.00 bits per heavy atom. The van der Waals surface area contributed by atoms with Crippen molar-refractivity contribution in [3.05, 3.63) is 0 Å². The van der Waals surface area contributed by atoms with Crippen LogP contribution < -0.4 is 0 Å². The zero-order valence-corrected chi connectivity index (χ0v) is 3.09. The van der Waals surface area contributed by atoms with E-state index in [0.717, 1.165) is 0 Å². The molecule has 0 unspecified atom stereocenters. The first-order valence-electron chi connectivity index (χ1n) is 0.873. The molecule has 0 heterocycles. The van der Waals surface area contributed by atoms with Crippen molar-refractivity contribution in [3.63, 3.8) is 0 Å². The van der Waals surface area contributed by atoms with E-state index in [0.29, 0.717) is 0 Å². The van der Waals surface area contributed by atoms with Gasteiger partial charge in [0.1, 0.15) is 0 Å². The second-order valence-electron chi connectivity index (χ2n) is 0.495. The summed E-state index contributed by atoms with van der Waals surface area (Å²) in [5.74, 6) is 0. The van der Waals surface area contributed by atoms with Crippen molar-refractivity contribution in [3.8, 4) is 0 Å². The van der Waals surface area contributed by atoms with Gasteiger partial charge in [0.25, 0.3) is 0 Å². The molecular weight excluding hydrogens is 93.7 g/mol. The summed E-state index contributed by atoms with van der Waals surface area (Å²) in [5.41, 5.74) is 0. The molecule has 0 aromatic carbocycles. The van der Waals surface area contributed by atoms with Crippen molar-refractivity contribution in [2.24, 2.45) is 0 Å². The Bertz CT molecular complexity index is 27.2. The zero-order chi connectivity index (χ0) is 4.50. The van der Waals surface area contributed by atoms with Crippen molar-refractivity contribution in [2.45, 2.75) is 0 Å². The maximum Gasteiger partial charge on any atom is 1.00 e. The molecule has 0 amide bonds. The van der Waals surface area contributed by atoms with Gasteiger partial charge in [0.2, 0.25) is 0 Å². The van der Waals surface area contributed by atoms with Crippen LogP contribution in [0, 0.1) is 0 Å². The maximum atomic E-state index is 9.75. The molecule has 6 heteroatoms. The van der Waals surface area contributed by atoms with Gasteiger partial charge in [-0.25, -0.2) is 0 Å². The van der Waals surface area contributed by atoms with Gasteiger partial charge in [-0.05, 0) is 0 Å². The van der Waals surface area contributed by atoms with E-state index in [1.807, 2.05) is 0 Å². The fraction of sp³-hybridized carbons (Fsp3) is 0. The van der Waals surface area contributed by atoms with Gasteiger partial charge in [-0.3, -0.25) is 0 Å². The molecular formula is HBF4Li. The van der Waals surface area contributed by atoms with E-state index >= 15 is 0 Å². The molecule has 0 bridgehead atoms. The topological polar surface area (TPSA) is 0 Å². The normalized spacial score (nSPS) is 10.0. The van der Waals surface area contributed by atoms with Gasteiger partial charge in [0.15, 0.2) is 0 Å². The van der Waals surface area contributed by atoms with Crippen molar-refractivity contribution < 1.29 is 18.7 Å². The second-order valence-corrected chi connectivity index (χ2v) is 0.495. The van der Waals surface area contributed by atoms with E-state index in [1.165, 1.54) is 0 Å². The van der Waals surface area contributed by atoms with Crippen LogP contribution in [0.5, 0.6) is 0 Å². The Morgan fingerprint density at radius 3 is 1.00 bits per heavy atom. The van der Waals surface area contributed by atoms with Crippen LogP contribution >= 0.6 is 0 Å². The van der Waals surface area contributed by atoms with Crippen LogP contribution in [-0.2, 0) is 0 Å². The predicted molar refractivity (Wildman–Crippen MR) is 17.1 cm³/mol. The average Bonchev–Trinajstić information content (AvgIpc) is 0.722. The molecule has 0 aliphatic rings. The minimum Gasteiger partial charge on any atom is -0.418 e. The third-order valence-electron chi connectivity index (χ3n) is 0. The smallest absolute Gasteiger partial charge is 0.418 e. The third kappa shape index (κ3) is 343. The van der Waals surface area contributed by atoms with Crippen LogP contribution in [0.4, 0.5) is 17.3 Å². The fourth-order valence-corrected chi connectivity index (χ4v) is 0. The van der Waals surface area contributed by atoms with Gasteiger partial charge in [0, 0.05) is 18.9 Å². The summed E-state index contributed by atoms with van der Waals surface area (Å²) >= 11 is 0. The minimum absolute atomic E-state index is 0. The SMILES string of the molecule is F[B-](F)(F)F.[H+].[Li]. The van der Waals surface area contributed by atoms with Crippen molar-refractivity contribution >= 4 is 26.1 Å². The summed E-state index contributed by atoms with van der Waals surface area (Å²) in [6.07, 6.45) is 0. The molecule has 0 atom stereocenters. The number of rotatable bonds is 0. The molecule has 0 saturated heterocycles. The van der Waals surface area contributed by atoms with Crippen molar-refractivity contribution in [1.82, 2.24) is 0 Å². The average molecular weight is 94.8 g/mol. The first kappa shape index (κ1) is 9.63. The van der Waals surface area contributed by atoms with Gasteiger partial charge in [-0.15, -0.1) is 0 Å². The van der Waals surface area contributed by atoms with E-state index in [1.54, 1.807) is 0 Å². The van der Waals surface area contributed by atoms with Crippen LogP contribution in [0.2, 0.25) is 0 Å². The number of hydrogen-bond acceptors (Lipinski definition) is 0. The summed E-state index contributed by atoms with van der Waals surface area (Å²) in [4.78, 5) is 0. The molecule has 0 rings (SSSR count). The van der Waals surface area contributed by atoms with Crippen LogP contribution in [-0.4, -0.2) is 26.1 Å². The zero-order valence-electron chi connectivity index (χ0n) is 4.09. The third-order valence-corrected chi connectivity index (χ3v) is 0. The summed E-state index contributed by atoms with van der Waals surface area (Å²) in [5, 5.41) is 0. The molecule has 0 nitrogen and oxygen atoms in total. The number of halogens is 4. The summed E-state index contributed by atoms with van der Waals surface area (Å²) in [7, 11) is -6.00. The first-order valence-corrected chi connectivity index (χ1v) is 0.873. The number of hydrogen-bond donors (Lipinski definition) is 0. The molecule has 0 spiro atoms.